The maximum absolute atomic E-state index is 12.6. The molecule has 0 saturated carbocycles. The summed E-state index contributed by atoms with van der Waals surface area (Å²) in [5.74, 6) is 0. The molecule has 1 aliphatic rings. The Morgan fingerprint density at radius 1 is 1.39 bits per heavy atom. The van der Waals surface area contributed by atoms with Gasteiger partial charge in [-0.15, -0.1) is 0 Å². The van der Waals surface area contributed by atoms with Crippen molar-refractivity contribution < 1.29 is 8.42 Å². The van der Waals surface area contributed by atoms with Crippen LogP contribution in [0.1, 0.15) is 19.3 Å². The van der Waals surface area contributed by atoms with Crippen molar-refractivity contribution in [3.05, 3.63) is 28.7 Å². The Kier molecular flexibility index (Phi) is 4.42. The molecule has 6 heteroatoms. The number of sulfonamides is 1. The monoisotopic (exact) mass is 332 g/mol. The zero-order chi connectivity index (χ0) is 13.2. The van der Waals surface area contributed by atoms with Gasteiger partial charge in [-0.1, -0.05) is 28.4 Å². The molecule has 100 valence electrons. The van der Waals surface area contributed by atoms with E-state index in [0.29, 0.717) is 18.0 Å². The zero-order valence-electron chi connectivity index (χ0n) is 10.0. The number of benzene rings is 1. The van der Waals surface area contributed by atoms with Gasteiger partial charge in [0.05, 0.1) is 4.90 Å². The van der Waals surface area contributed by atoms with E-state index in [1.165, 1.54) is 0 Å². The summed E-state index contributed by atoms with van der Waals surface area (Å²) < 4.78 is 27.4. The number of hydrogen-bond donors (Lipinski definition) is 1. The normalized spacial score (nSPS) is 22.0. The molecule has 0 spiro atoms. The van der Waals surface area contributed by atoms with Gasteiger partial charge in [-0.25, -0.2) is 8.42 Å². The Hall–Kier alpha value is -0.430. The summed E-state index contributed by atoms with van der Waals surface area (Å²) >= 11 is 3.30. The van der Waals surface area contributed by atoms with E-state index in [1.54, 1.807) is 22.5 Å². The van der Waals surface area contributed by atoms with Gasteiger partial charge in [0.1, 0.15) is 0 Å². The molecular formula is C12H17BrN2O2S. The Labute approximate surface area is 116 Å². The van der Waals surface area contributed by atoms with Gasteiger partial charge in [0.25, 0.3) is 0 Å². The number of piperidine rings is 1. The van der Waals surface area contributed by atoms with Crippen molar-refractivity contribution in [2.24, 2.45) is 5.73 Å². The summed E-state index contributed by atoms with van der Waals surface area (Å²) in [5.41, 5.74) is 5.68. The summed E-state index contributed by atoms with van der Waals surface area (Å²) in [6.45, 7) is 0.948. The topological polar surface area (TPSA) is 63.4 Å². The first-order valence-corrected chi connectivity index (χ1v) is 8.26. The van der Waals surface area contributed by atoms with E-state index >= 15 is 0 Å². The van der Waals surface area contributed by atoms with Crippen LogP contribution in [0.4, 0.5) is 0 Å². The third kappa shape index (κ3) is 2.77. The maximum Gasteiger partial charge on any atom is 0.243 e. The molecule has 2 N–H and O–H groups in total. The van der Waals surface area contributed by atoms with Crippen molar-refractivity contribution in [1.82, 2.24) is 4.31 Å². The fraction of sp³-hybridized carbons (Fsp3) is 0.500. The molecule has 0 aromatic heterocycles. The lowest BCUT2D eigenvalue weighted by Gasteiger charge is -2.33. The predicted octanol–water partition coefficient (Wildman–Crippen LogP) is 1.95. The van der Waals surface area contributed by atoms with Gasteiger partial charge >= 0.3 is 0 Å². The first-order chi connectivity index (χ1) is 8.55. The van der Waals surface area contributed by atoms with E-state index in [4.69, 9.17) is 5.73 Å². The van der Waals surface area contributed by atoms with Gasteiger partial charge < -0.3 is 5.73 Å². The third-order valence-electron chi connectivity index (χ3n) is 3.25. The van der Waals surface area contributed by atoms with Crippen molar-refractivity contribution >= 4 is 26.0 Å². The van der Waals surface area contributed by atoms with Crippen molar-refractivity contribution in [3.63, 3.8) is 0 Å². The highest BCUT2D eigenvalue weighted by atomic mass is 79.9. The maximum atomic E-state index is 12.6. The second kappa shape index (κ2) is 5.69. The molecule has 1 aromatic carbocycles. The molecule has 4 nitrogen and oxygen atoms in total. The average Bonchev–Trinajstić information content (AvgIpc) is 2.38. The van der Waals surface area contributed by atoms with Crippen LogP contribution in [0.15, 0.2) is 33.6 Å². The number of nitrogens with zero attached hydrogens (tertiary/aromatic N) is 1. The quantitative estimate of drug-likeness (QED) is 0.920. The van der Waals surface area contributed by atoms with Crippen molar-refractivity contribution in [3.8, 4) is 0 Å². The summed E-state index contributed by atoms with van der Waals surface area (Å²) in [6, 6.07) is 6.75. The molecule has 1 heterocycles. The van der Waals surface area contributed by atoms with Crippen LogP contribution in [-0.2, 0) is 10.0 Å². The molecule has 1 saturated heterocycles. The van der Waals surface area contributed by atoms with Gasteiger partial charge in [-0.05, 0) is 31.0 Å². The van der Waals surface area contributed by atoms with E-state index in [2.05, 4.69) is 15.9 Å². The highest BCUT2D eigenvalue weighted by Gasteiger charge is 2.32. The largest absolute Gasteiger partial charge is 0.329 e. The molecule has 0 aliphatic carbocycles. The van der Waals surface area contributed by atoms with Crippen LogP contribution in [0, 0.1) is 0 Å². The smallest absolute Gasteiger partial charge is 0.243 e. The number of halogens is 1. The first kappa shape index (κ1) is 14.0. The predicted molar refractivity (Wildman–Crippen MR) is 74.7 cm³/mol. The zero-order valence-corrected chi connectivity index (χ0v) is 12.5. The van der Waals surface area contributed by atoms with E-state index < -0.39 is 10.0 Å². The average molecular weight is 333 g/mol. The minimum Gasteiger partial charge on any atom is -0.329 e. The molecule has 18 heavy (non-hydrogen) atoms. The molecule has 0 amide bonds. The van der Waals surface area contributed by atoms with E-state index in [0.717, 1.165) is 23.7 Å². The van der Waals surface area contributed by atoms with Crippen LogP contribution in [0.5, 0.6) is 0 Å². The van der Waals surface area contributed by atoms with Crippen LogP contribution >= 0.6 is 15.9 Å². The van der Waals surface area contributed by atoms with Gasteiger partial charge in [-0.2, -0.15) is 4.31 Å². The molecule has 1 aromatic rings. The lowest BCUT2D eigenvalue weighted by molar-refractivity contribution is 0.257. The molecule has 1 atom stereocenters. The summed E-state index contributed by atoms with van der Waals surface area (Å²) in [4.78, 5) is 0.331. The standard InChI is InChI=1S/C12H17BrN2O2S/c13-10-4-3-6-12(8-10)18(16,17)15-7-2-1-5-11(15)9-14/h3-4,6,8,11H,1-2,5,7,9,14H2. The van der Waals surface area contributed by atoms with Crippen LogP contribution in [-0.4, -0.2) is 31.9 Å². The third-order valence-corrected chi connectivity index (χ3v) is 5.69. The summed E-state index contributed by atoms with van der Waals surface area (Å²) in [6.07, 6.45) is 2.81. The Bertz CT molecular complexity index is 519. The van der Waals surface area contributed by atoms with Gasteiger partial charge in [0, 0.05) is 23.6 Å². The van der Waals surface area contributed by atoms with Crippen LogP contribution in [0.2, 0.25) is 0 Å². The van der Waals surface area contributed by atoms with Crippen LogP contribution < -0.4 is 5.73 Å². The Balaban J connectivity index is 2.35. The number of rotatable bonds is 3. The Morgan fingerprint density at radius 2 is 2.17 bits per heavy atom. The van der Waals surface area contributed by atoms with E-state index in [1.807, 2.05) is 6.07 Å². The van der Waals surface area contributed by atoms with Crippen molar-refractivity contribution in [2.75, 3.05) is 13.1 Å². The highest BCUT2D eigenvalue weighted by molar-refractivity contribution is 9.10. The van der Waals surface area contributed by atoms with Crippen LogP contribution in [0.3, 0.4) is 0 Å². The SMILES string of the molecule is NCC1CCCCN1S(=O)(=O)c1cccc(Br)c1. The van der Waals surface area contributed by atoms with Gasteiger partial charge in [0.15, 0.2) is 0 Å². The van der Waals surface area contributed by atoms with Crippen LogP contribution in [0.25, 0.3) is 0 Å². The second-order valence-corrected chi connectivity index (χ2v) is 7.26. The van der Waals surface area contributed by atoms with Crippen molar-refractivity contribution in [1.29, 1.82) is 0 Å². The Morgan fingerprint density at radius 3 is 2.83 bits per heavy atom. The molecule has 1 aliphatic heterocycles. The molecular weight excluding hydrogens is 316 g/mol. The fourth-order valence-corrected chi connectivity index (χ4v) is 4.59. The molecule has 1 unspecified atom stereocenters. The number of hydrogen-bond acceptors (Lipinski definition) is 3. The molecule has 2 rings (SSSR count). The second-order valence-electron chi connectivity index (χ2n) is 4.46. The minimum atomic E-state index is -3.42. The van der Waals surface area contributed by atoms with Gasteiger partial charge in [0.2, 0.25) is 10.0 Å². The lowest BCUT2D eigenvalue weighted by Crippen LogP contribution is -2.47. The lowest BCUT2D eigenvalue weighted by atomic mass is 10.1. The van der Waals surface area contributed by atoms with E-state index in [-0.39, 0.29) is 6.04 Å². The van der Waals surface area contributed by atoms with Crippen molar-refractivity contribution in [2.45, 2.75) is 30.2 Å². The van der Waals surface area contributed by atoms with E-state index in [9.17, 15) is 8.42 Å². The molecule has 0 bridgehead atoms. The number of nitrogens with two attached hydrogens (primary N) is 1. The van der Waals surface area contributed by atoms with Gasteiger partial charge in [-0.3, -0.25) is 0 Å². The highest BCUT2D eigenvalue weighted by Crippen LogP contribution is 2.26. The fourth-order valence-electron chi connectivity index (χ4n) is 2.29. The first-order valence-electron chi connectivity index (χ1n) is 6.03. The summed E-state index contributed by atoms with van der Waals surface area (Å²) in [7, 11) is -3.42. The molecule has 1 fully saturated rings. The minimum absolute atomic E-state index is 0.0669. The summed E-state index contributed by atoms with van der Waals surface area (Å²) in [5, 5.41) is 0. The molecule has 0 radical (unpaired) electrons.